The Labute approximate surface area is 131 Å². The van der Waals surface area contributed by atoms with Crippen molar-refractivity contribution >= 4 is 11.6 Å². The van der Waals surface area contributed by atoms with Gasteiger partial charge in [-0.1, -0.05) is 13.8 Å². The Bertz CT molecular complexity index is 594. The van der Waals surface area contributed by atoms with E-state index in [4.69, 9.17) is 0 Å². The SMILES string of the molecule is CC.CC1=CNNC(c2cn(C)nc2C(=O)N2CCCC2)=C1. The summed E-state index contributed by atoms with van der Waals surface area (Å²) in [5.74, 6) is 0.0213. The van der Waals surface area contributed by atoms with Crippen molar-refractivity contribution in [2.75, 3.05) is 13.1 Å². The molecule has 3 heterocycles. The van der Waals surface area contributed by atoms with E-state index < -0.39 is 0 Å². The highest BCUT2D eigenvalue weighted by atomic mass is 16.2. The molecule has 0 aliphatic carbocycles. The zero-order chi connectivity index (χ0) is 16.1. The second-order valence-electron chi connectivity index (χ2n) is 5.28. The first-order valence-electron chi connectivity index (χ1n) is 7.88. The number of likely N-dealkylation sites (tertiary alicyclic amines) is 1. The zero-order valence-electron chi connectivity index (χ0n) is 13.8. The van der Waals surface area contributed by atoms with E-state index in [9.17, 15) is 4.79 Å². The molecule has 1 fully saturated rings. The number of nitrogens with zero attached hydrogens (tertiary/aromatic N) is 3. The minimum atomic E-state index is 0.0213. The molecule has 1 saturated heterocycles. The molecule has 0 spiro atoms. The fraction of sp³-hybridized carbons (Fsp3) is 0.500. The summed E-state index contributed by atoms with van der Waals surface area (Å²) in [6, 6.07) is 0. The van der Waals surface area contributed by atoms with E-state index in [1.54, 1.807) is 4.68 Å². The summed E-state index contributed by atoms with van der Waals surface area (Å²) in [5.41, 5.74) is 9.39. The van der Waals surface area contributed by atoms with Crippen LogP contribution in [0.25, 0.3) is 5.70 Å². The largest absolute Gasteiger partial charge is 0.337 e. The Morgan fingerprint density at radius 2 is 1.95 bits per heavy atom. The second-order valence-corrected chi connectivity index (χ2v) is 5.28. The second kappa shape index (κ2) is 7.15. The van der Waals surface area contributed by atoms with E-state index in [-0.39, 0.29) is 5.91 Å². The molecule has 6 nitrogen and oxygen atoms in total. The van der Waals surface area contributed by atoms with Crippen LogP contribution in [0.1, 0.15) is 49.7 Å². The molecule has 1 amide bonds. The van der Waals surface area contributed by atoms with Crippen LogP contribution in [0, 0.1) is 0 Å². The predicted molar refractivity (Wildman–Crippen MR) is 87.7 cm³/mol. The number of carbonyl (C=O) groups is 1. The molecule has 3 rings (SSSR count). The molecule has 1 aromatic rings. The standard InChI is InChI=1S/C14H19N5O.C2H6/c1-10-7-12(16-15-8-10)11-9-18(2)17-13(11)14(20)19-5-3-4-6-19;1-2/h7-9,15-16H,3-6H2,1-2H3;1-2H3. The summed E-state index contributed by atoms with van der Waals surface area (Å²) in [6.07, 6.45) is 7.93. The molecule has 0 bridgehead atoms. The van der Waals surface area contributed by atoms with Crippen LogP contribution < -0.4 is 10.9 Å². The highest BCUT2D eigenvalue weighted by molar-refractivity contribution is 5.97. The van der Waals surface area contributed by atoms with Gasteiger partial charge >= 0.3 is 0 Å². The minimum Gasteiger partial charge on any atom is -0.337 e. The number of hydrazine groups is 1. The molecule has 2 N–H and O–H groups in total. The van der Waals surface area contributed by atoms with E-state index >= 15 is 0 Å². The summed E-state index contributed by atoms with van der Waals surface area (Å²) in [6.45, 7) is 7.67. The van der Waals surface area contributed by atoms with Crippen molar-refractivity contribution in [2.24, 2.45) is 7.05 Å². The van der Waals surface area contributed by atoms with Gasteiger partial charge in [-0.05, 0) is 31.4 Å². The molecular formula is C16H25N5O. The molecule has 1 aromatic heterocycles. The molecule has 2 aliphatic heterocycles. The molecule has 6 heteroatoms. The summed E-state index contributed by atoms with van der Waals surface area (Å²) in [4.78, 5) is 14.4. The average Bonchev–Trinajstić information content (AvgIpc) is 3.18. The van der Waals surface area contributed by atoms with Crippen molar-refractivity contribution in [3.05, 3.63) is 35.3 Å². The van der Waals surface area contributed by atoms with Crippen LogP contribution in [0.3, 0.4) is 0 Å². The Morgan fingerprint density at radius 1 is 1.27 bits per heavy atom. The third kappa shape index (κ3) is 3.32. The van der Waals surface area contributed by atoms with Crippen LogP contribution >= 0.6 is 0 Å². The summed E-state index contributed by atoms with van der Waals surface area (Å²) in [7, 11) is 1.84. The predicted octanol–water partition coefficient (Wildman–Crippen LogP) is 2.03. The van der Waals surface area contributed by atoms with Crippen LogP contribution in [-0.2, 0) is 7.05 Å². The van der Waals surface area contributed by atoms with Gasteiger partial charge in [0.2, 0.25) is 0 Å². The van der Waals surface area contributed by atoms with Gasteiger partial charge in [-0.2, -0.15) is 5.10 Å². The number of amides is 1. The van der Waals surface area contributed by atoms with Gasteiger partial charge in [0, 0.05) is 32.5 Å². The lowest BCUT2D eigenvalue weighted by Gasteiger charge is -2.18. The van der Waals surface area contributed by atoms with E-state index in [2.05, 4.69) is 16.0 Å². The number of allylic oxidation sites excluding steroid dienone is 2. The van der Waals surface area contributed by atoms with Crippen molar-refractivity contribution in [3.8, 4) is 0 Å². The molecule has 0 saturated carbocycles. The van der Waals surface area contributed by atoms with E-state index in [0.717, 1.165) is 42.8 Å². The number of carbonyl (C=O) groups excluding carboxylic acids is 1. The maximum Gasteiger partial charge on any atom is 0.275 e. The topological polar surface area (TPSA) is 62.2 Å². The van der Waals surface area contributed by atoms with Crippen LogP contribution in [0.2, 0.25) is 0 Å². The number of hydrogen-bond acceptors (Lipinski definition) is 4. The summed E-state index contributed by atoms with van der Waals surface area (Å²) < 4.78 is 1.69. The summed E-state index contributed by atoms with van der Waals surface area (Å²) in [5, 5.41) is 4.35. The summed E-state index contributed by atoms with van der Waals surface area (Å²) >= 11 is 0. The maximum absolute atomic E-state index is 12.6. The highest BCUT2D eigenvalue weighted by Crippen LogP contribution is 2.21. The van der Waals surface area contributed by atoms with Gasteiger partial charge in [0.1, 0.15) is 0 Å². The lowest BCUT2D eigenvalue weighted by molar-refractivity contribution is 0.0786. The molecule has 0 radical (unpaired) electrons. The zero-order valence-corrected chi connectivity index (χ0v) is 13.8. The first-order chi connectivity index (χ1) is 10.6. The number of aryl methyl sites for hydroxylation is 1. The quantitative estimate of drug-likeness (QED) is 0.877. The molecule has 0 aromatic carbocycles. The maximum atomic E-state index is 12.6. The van der Waals surface area contributed by atoms with Crippen LogP contribution in [0.5, 0.6) is 0 Å². The minimum absolute atomic E-state index is 0.0213. The van der Waals surface area contributed by atoms with Crippen molar-refractivity contribution < 1.29 is 4.79 Å². The average molecular weight is 303 g/mol. The smallest absolute Gasteiger partial charge is 0.275 e. The monoisotopic (exact) mass is 303 g/mol. The molecule has 0 atom stereocenters. The third-order valence-corrected chi connectivity index (χ3v) is 3.59. The Morgan fingerprint density at radius 3 is 2.59 bits per heavy atom. The van der Waals surface area contributed by atoms with Crippen LogP contribution in [0.4, 0.5) is 0 Å². The van der Waals surface area contributed by atoms with Gasteiger partial charge in [-0.25, -0.2) is 0 Å². The van der Waals surface area contributed by atoms with Crippen molar-refractivity contribution in [3.63, 3.8) is 0 Å². The first-order valence-corrected chi connectivity index (χ1v) is 7.88. The fourth-order valence-electron chi connectivity index (χ4n) is 2.59. The van der Waals surface area contributed by atoms with Crippen molar-refractivity contribution in [1.29, 1.82) is 0 Å². The third-order valence-electron chi connectivity index (χ3n) is 3.59. The molecular weight excluding hydrogens is 278 g/mol. The number of aromatic nitrogens is 2. The van der Waals surface area contributed by atoms with Gasteiger partial charge in [0.25, 0.3) is 5.91 Å². The van der Waals surface area contributed by atoms with Gasteiger partial charge < -0.3 is 15.8 Å². The lowest BCUT2D eigenvalue weighted by atomic mass is 10.1. The molecule has 120 valence electrons. The first kappa shape index (κ1) is 16.1. The van der Waals surface area contributed by atoms with Crippen LogP contribution in [0.15, 0.2) is 24.0 Å². The number of rotatable bonds is 2. The van der Waals surface area contributed by atoms with Gasteiger partial charge in [-0.3, -0.25) is 9.48 Å². The van der Waals surface area contributed by atoms with Crippen LogP contribution in [-0.4, -0.2) is 33.7 Å². The van der Waals surface area contributed by atoms with E-state index in [0.29, 0.717) is 5.69 Å². The Balaban J connectivity index is 0.000000847. The fourth-order valence-corrected chi connectivity index (χ4v) is 2.59. The van der Waals surface area contributed by atoms with Gasteiger partial charge in [0.15, 0.2) is 5.69 Å². The number of nitrogens with one attached hydrogen (secondary N) is 2. The molecule has 0 unspecified atom stereocenters. The normalized spacial score (nSPS) is 16.8. The Hall–Kier alpha value is -2.24. The van der Waals surface area contributed by atoms with Crippen molar-refractivity contribution in [1.82, 2.24) is 25.5 Å². The van der Waals surface area contributed by atoms with Gasteiger partial charge in [0.05, 0.1) is 11.3 Å². The van der Waals surface area contributed by atoms with E-state index in [1.807, 2.05) is 51.2 Å². The number of hydrogen-bond donors (Lipinski definition) is 2. The lowest BCUT2D eigenvalue weighted by Crippen LogP contribution is -2.31. The van der Waals surface area contributed by atoms with Crippen molar-refractivity contribution in [2.45, 2.75) is 33.6 Å². The molecule has 22 heavy (non-hydrogen) atoms. The Kier molecular flexibility index (Phi) is 5.25. The van der Waals surface area contributed by atoms with E-state index in [1.165, 1.54) is 0 Å². The van der Waals surface area contributed by atoms with Gasteiger partial charge in [-0.15, -0.1) is 0 Å². The highest BCUT2D eigenvalue weighted by Gasteiger charge is 2.26. The molecule has 2 aliphatic rings.